The normalized spacial score (nSPS) is 15.3. The van der Waals surface area contributed by atoms with Crippen LogP contribution < -0.4 is 5.32 Å². The van der Waals surface area contributed by atoms with E-state index in [9.17, 15) is 14.0 Å². The fraction of sp³-hybridized carbons (Fsp3) is 0.467. The number of esters is 1. The Morgan fingerprint density at radius 3 is 2.71 bits per heavy atom. The van der Waals surface area contributed by atoms with Crippen molar-refractivity contribution in [3.05, 3.63) is 30.1 Å². The summed E-state index contributed by atoms with van der Waals surface area (Å²) in [6, 6.07) is 6.07. The fourth-order valence-corrected chi connectivity index (χ4v) is 3.22. The number of anilines is 1. The minimum atomic E-state index is -0.444. The zero-order chi connectivity index (χ0) is 15.3. The molecule has 1 aliphatic rings. The second-order valence-corrected chi connectivity index (χ2v) is 6.26. The van der Waals surface area contributed by atoms with Crippen molar-refractivity contribution in [3.8, 4) is 0 Å². The molecule has 1 fully saturated rings. The molecule has 0 unspecified atom stereocenters. The van der Waals surface area contributed by atoms with Crippen LogP contribution in [0.25, 0.3) is 0 Å². The van der Waals surface area contributed by atoms with E-state index in [1.807, 2.05) is 0 Å². The van der Waals surface area contributed by atoms with E-state index in [4.69, 9.17) is 0 Å². The van der Waals surface area contributed by atoms with E-state index in [-0.39, 0.29) is 28.7 Å². The zero-order valence-electron chi connectivity index (χ0n) is 11.9. The summed E-state index contributed by atoms with van der Waals surface area (Å²) in [5.74, 6) is 0.104. The smallest absolute Gasteiger partial charge is 0.306 e. The van der Waals surface area contributed by atoms with Crippen LogP contribution in [0.5, 0.6) is 0 Å². The molecule has 1 aromatic rings. The number of carbonyl (C=O) groups is 2. The van der Waals surface area contributed by atoms with Crippen LogP contribution in [0.15, 0.2) is 24.3 Å². The molecule has 1 saturated carbocycles. The topological polar surface area (TPSA) is 55.4 Å². The average molecular weight is 311 g/mol. The first-order chi connectivity index (χ1) is 10.0. The Morgan fingerprint density at radius 1 is 1.38 bits per heavy atom. The van der Waals surface area contributed by atoms with Crippen LogP contribution in [0.1, 0.15) is 19.3 Å². The number of thioether (sulfide) groups is 1. The van der Waals surface area contributed by atoms with E-state index in [2.05, 4.69) is 10.1 Å². The number of rotatable bonds is 7. The molecule has 1 N–H and O–H groups in total. The number of nitrogens with one attached hydrogen (secondary N) is 1. The highest BCUT2D eigenvalue weighted by molar-refractivity contribution is 8.00. The number of methoxy groups -OCH3 is 1. The molecule has 1 amide bonds. The van der Waals surface area contributed by atoms with Crippen molar-refractivity contribution in [3.63, 3.8) is 0 Å². The van der Waals surface area contributed by atoms with Crippen LogP contribution in [0, 0.1) is 11.2 Å². The molecular weight excluding hydrogens is 293 g/mol. The van der Waals surface area contributed by atoms with Crippen LogP contribution in [0.4, 0.5) is 10.1 Å². The van der Waals surface area contributed by atoms with Crippen LogP contribution in [0.3, 0.4) is 0 Å². The van der Waals surface area contributed by atoms with Crippen LogP contribution in [0.2, 0.25) is 0 Å². The number of benzene rings is 1. The third kappa shape index (κ3) is 4.74. The fourth-order valence-electron chi connectivity index (χ4n) is 2.04. The summed E-state index contributed by atoms with van der Waals surface area (Å²) in [6.45, 7) is 0. The molecule has 21 heavy (non-hydrogen) atoms. The predicted octanol–water partition coefficient (Wildman–Crippen LogP) is 2.84. The molecule has 0 saturated heterocycles. The van der Waals surface area contributed by atoms with Gasteiger partial charge in [-0.3, -0.25) is 9.59 Å². The van der Waals surface area contributed by atoms with Crippen LogP contribution in [-0.4, -0.2) is 30.5 Å². The van der Waals surface area contributed by atoms with Gasteiger partial charge < -0.3 is 10.1 Å². The molecule has 114 valence electrons. The lowest BCUT2D eigenvalue weighted by molar-refractivity contribution is -0.141. The predicted molar refractivity (Wildman–Crippen MR) is 80.7 cm³/mol. The van der Waals surface area contributed by atoms with Crippen molar-refractivity contribution >= 4 is 29.3 Å². The van der Waals surface area contributed by atoms with Crippen molar-refractivity contribution in [1.29, 1.82) is 0 Å². The van der Waals surface area contributed by atoms with Gasteiger partial charge in [0.05, 0.1) is 25.0 Å². The molecule has 0 aromatic heterocycles. The number of amides is 1. The van der Waals surface area contributed by atoms with E-state index in [1.165, 1.54) is 31.0 Å². The van der Waals surface area contributed by atoms with Gasteiger partial charge in [0.2, 0.25) is 5.91 Å². The summed E-state index contributed by atoms with van der Waals surface area (Å²) in [5, 5.41) is 2.54. The van der Waals surface area contributed by atoms with Gasteiger partial charge in [0.1, 0.15) is 5.82 Å². The zero-order valence-corrected chi connectivity index (χ0v) is 12.7. The summed E-state index contributed by atoms with van der Waals surface area (Å²) in [7, 11) is 1.38. The Morgan fingerprint density at radius 2 is 2.10 bits per heavy atom. The van der Waals surface area contributed by atoms with Crippen LogP contribution >= 0.6 is 11.8 Å². The van der Waals surface area contributed by atoms with Crippen molar-refractivity contribution in [2.45, 2.75) is 19.3 Å². The molecule has 4 nitrogen and oxygen atoms in total. The quantitative estimate of drug-likeness (QED) is 0.787. The molecule has 0 radical (unpaired) electrons. The minimum absolute atomic E-state index is 0.00393. The first-order valence-corrected chi connectivity index (χ1v) is 7.89. The maximum Gasteiger partial charge on any atom is 0.306 e. The molecule has 1 aliphatic carbocycles. The minimum Gasteiger partial charge on any atom is -0.469 e. The van der Waals surface area contributed by atoms with Crippen LogP contribution in [-0.2, 0) is 14.3 Å². The second-order valence-electron chi connectivity index (χ2n) is 5.27. The monoisotopic (exact) mass is 311 g/mol. The molecule has 0 bridgehead atoms. The van der Waals surface area contributed by atoms with Gasteiger partial charge in [-0.2, -0.15) is 11.8 Å². The molecule has 0 atom stereocenters. The lowest BCUT2D eigenvalue weighted by Crippen LogP contribution is -2.18. The van der Waals surface area contributed by atoms with Gasteiger partial charge in [-0.05, 0) is 36.1 Å². The average Bonchev–Trinajstić information content (AvgIpc) is 3.21. The SMILES string of the molecule is COC(=O)CC1(CSCC(=O)Nc2ccccc2F)CC1. The highest BCUT2D eigenvalue weighted by atomic mass is 32.2. The van der Waals surface area contributed by atoms with Crippen molar-refractivity contribution in [2.24, 2.45) is 5.41 Å². The van der Waals surface area contributed by atoms with Crippen molar-refractivity contribution < 1.29 is 18.7 Å². The summed E-state index contributed by atoms with van der Waals surface area (Å²) in [6.07, 6.45) is 2.39. The summed E-state index contributed by atoms with van der Waals surface area (Å²) < 4.78 is 18.1. The maximum absolute atomic E-state index is 13.4. The van der Waals surface area contributed by atoms with E-state index in [0.29, 0.717) is 6.42 Å². The Labute approximate surface area is 127 Å². The van der Waals surface area contributed by atoms with Gasteiger partial charge in [-0.15, -0.1) is 0 Å². The second kappa shape index (κ2) is 6.93. The largest absolute Gasteiger partial charge is 0.469 e. The Balaban J connectivity index is 1.73. The molecule has 6 heteroatoms. The van der Waals surface area contributed by atoms with Gasteiger partial charge in [-0.25, -0.2) is 4.39 Å². The Hall–Kier alpha value is -1.56. The Bertz CT molecular complexity index is 531. The first kappa shape index (κ1) is 15.8. The lowest BCUT2D eigenvalue weighted by Gasteiger charge is -2.13. The lowest BCUT2D eigenvalue weighted by atomic mass is 10.1. The van der Waals surface area contributed by atoms with E-state index >= 15 is 0 Å². The van der Waals surface area contributed by atoms with Gasteiger partial charge in [0, 0.05) is 0 Å². The highest BCUT2D eigenvalue weighted by Crippen LogP contribution is 2.51. The third-order valence-electron chi connectivity index (χ3n) is 3.49. The number of para-hydroxylation sites is 1. The summed E-state index contributed by atoms with van der Waals surface area (Å²) >= 11 is 1.47. The van der Waals surface area contributed by atoms with Crippen molar-refractivity contribution in [2.75, 3.05) is 23.9 Å². The van der Waals surface area contributed by atoms with Gasteiger partial charge in [0.25, 0.3) is 0 Å². The molecular formula is C15H18FNO3S. The number of ether oxygens (including phenoxy) is 1. The highest BCUT2D eigenvalue weighted by Gasteiger charge is 2.44. The molecule has 1 aromatic carbocycles. The molecule has 0 heterocycles. The molecule has 0 aliphatic heterocycles. The standard InChI is InChI=1S/C15H18FNO3S/c1-20-14(19)8-15(6-7-15)10-21-9-13(18)17-12-5-3-2-4-11(12)16/h2-5H,6-10H2,1H3,(H,17,18). The van der Waals surface area contributed by atoms with E-state index in [1.54, 1.807) is 12.1 Å². The number of halogens is 1. The number of hydrogen-bond donors (Lipinski definition) is 1. The Kier molecular flexibility index (Phi) is 5.22. The van der Waals surface area contributed by atoms with E-state index < -0.39 is 5.82 Å². The molecule has 0 spiro atoms. The van der Waals surface area contributed by atoms with Gasteiger partial charge >= 0.3 is 5.97 Å². The van der Waals surface area contributed by atoms with Crippen molar-refractivity contribution in [1.82, 2.24) is 0 Å². The molecule has 2 rings (SSSR count). The van der Waals surface area contributed by atoms with Gasteiger partial charge in [0.15, 0.2) is 0 Å². The first-order valence-electron chi connectivity index (χ1n) is 6.74. The summed E-state index contributed by atoms with van der Waals surface area (Å²) in [5.41, 5.74) is 0.189. The number of hydrogen-bond acceptors (Lipinski definition) is 4. The number of carbonyl (C=O) groups excluding carboxylic acids is 2. The maximum atomic E-state index is 13.4. The summed E-state index contributed by atoms with van der Waals surface area (Å²) in [4.78, 5) is 23.0. The third-order valence-corrected chi connectivity index (χ3v) is 4.78. The van der Waals surface area contributed by atoms with E-state index in [0.717, 1.165) is 18.6 Å². The van der Waals surface area contributed by atoms with Gasteiger partial charge in [-0.1, -0.05) is 12.1 Å².